The highest BCUT2D eigenvalue weighted by Crippen LogP contribution is 2.24. The van der Waals surface area contributed by atoms with Gasteiger partial charge < -0.3 is 14.7 Å². The quantitative estimate of drug-likeness (QED) is 0.905. The van der Waals surface area contributed by atoms with E-state index in [1.807, 2.05) is 21.7 Å². The van der Waals surface area contributed by atoms with Crippen LogP contribution in [0, 0.1) is 0 Å². The molecule has 0 bridgehead atoms. The minimum absolute atomic E-state index is 0.0405. The maximum atomic E-state index is 12.5. The Hall–Kier alpha value is -2.18. The van der Waals surface area contributed by atoms with Crippen LogP contribution in [-0.2, 0) is 16.0 Å². The fraction of sp³-hybridized carbons (Fsp3) is 0.333. The zero-order valence-corrected chi connectivity index (χ0v) is 14.0. The molecule has 0 spiro atoms. The number of hydrogen-bond donors (Lipinski definition) is 1. The Balaban J connectivity index is 1.60. The third-order valence-corrected chi connectivity index (χ3v) is 4.89. The average Bonchev–Trinajstić information content (AvgIpc) is 3.14. The number of benzene rings is 1. The van der Waals surface area contributed by atoms with Gasteiger partial charge in [-0.15, -0.1) is 0 Å². The van der Waals surface area contributed by atoms with E-state index in [4.69, 9.17) is 4.74 Å². The number of amides is 1. The molecule has 5 nitrogen and oxygen atoms in total. The molecule has 1 saturated heterocycles. The number of morpholine rings is 1. The molecule has 1 fully saturated rings. The summed E-state index contributed by atoms with van der Waals surface area (Å²) < 4.78 is 5.75. The van der Waals surface area contributed by atoms with Gasteiger partial charge in [0.2, 0.25) is 5.91 Å². The van der Waals surface area contributed by atoms with Crippen molar-refractivity contribution in [1.29, 1.82) is 0 Å². The number of aromatic carboxylic acids is 1. The minimum Gasteiger partial charge on any atom is -0.478 e. The van der Waals surface area contributed by atoms with Gasteiger partial charge in [-0.3, -0.25) is 4.79 Å². The van der Waals surface area contributed by atoms with Crippen molar-refractivity contribution < 1.29 is 19.4 Å². The van der Waals surface area contributed by atoms with Crippen molar-refractivity contribution in [3.8, 4) is 0 Å². The van der Waals surface area contributed by atoms with Gasteiger partial charge in [-0.25, -0.2) is 4.79 Å². The molecule has 24 heavy (non-hydrogen) atoms. The Bertz CT molecular complexity index is 714. The molecule has 1 N–H and O–H groups in total. The van der Waals surface area contributed by atoms with Crippen molar-refractivity contribution in [1.82, 2.24) is 4.90 Å². The molecule has 1 aromatic carbocycles. The molecule has 0 aliphatic carbocycles. The Morgan fingerprint density at radius 3 is 2.88 bits per heavy atom. The average molecular weight is 345 g/mol. The predicted octanol–water partition coefficient (Wildman–Crippen LogP) is 2.98. The van der Waals surface area contributed by atoms with E-state index in [2.05, 4.69) is 0 Å². The van der Waals surface area contributed by atoms with Gasteiger partial charge in [0.25, 0.3) is 0 Å². The number of rotatable bonds is 5. The van der Waals surface area contributed by atoms with Crippen molar-refractivity contribution in [2.75, 3.05) is 19.7 Å². The lowest BCUT2D eigenvalue weighted by molar-refractivity contribution is -0.139. The Labute approximate surface area is 144 Å². The molecule has 0 saturated carbocycles. The lowest BCUT2D eigenvalue weighted by Crippen LogP contribution is -2.42. The zero-order valence-electron chi connectivity index (χ0n) is 13.2. The van der Waals surface area contributed by atoms with Crippen LogP contribution < -0.4 is 0 Å². The summed E-state index contributed by atoms with van der Waals surface area (Å²) in [4.78, 5) is 25.5. The predicted molar refractivity (Wildman–Crippen MR) is 91.3 cm³/mol. The summed E-state index contributed by atoms with van der Waals surface area (Å²) in [6.07, 6.45) is 0.669. The van der Waals surface area contributed by atoms with Crippen LogP contribution in [0.5, 0.6) is 0 Å². The first-order valence-corrected chi connectivity index (χ1v) is 8.82. The van der Waals surface area contributed by atoms with Crippen LogP contribution in [0.3, 0.4) is 0 Å². The van der Waals surface area contributed by atoms with Gasteiger partial charge in [-0.2, -0.15) is 11.3 Å². The zero-order chi connectivity index (χ0) is 16.9. The number of ether oxygens (including phenoxy) is 1. The number of carbonyl (C=O) groups excluding carboxylic acids is 1. The SMILES string of the molecule is O=C(O)c1ccccc1CCC(=O)N1CCO[C@@H](c2ccsc2)C1. The Kier molecular flexibility index (Phi) is 5.27. The number of nitrogens with zero attached hydrogens (tertiary/aromatic N) is 1. The molecule has 0 radical (unpaired) electrons. The Morgan fingerprint density at radius 2 is 2.12 bits per heavy atom. The second-order valence-corrected chi connectivity index (χ2v) is 6.50. The van der Waals surface area contributed by atoms with Gasteiger partial charge >= 0.3 is 5.97 Å². The van der Waals surface area contributed by atoms with E-state index in [-0.39, 0.29) is 17.6 Å². The third kappa shape index (κ3) is 3.83. The normalized spacial score (nSPS) is 17.7. The summed E-state index contributed by atoms with van der Waals surface area (Å²) in [5.74, 6) is -0.916. The molecule has 0 unspecified atom stereocenters. The molecule has 1 aliphatic heterocycles. The highest BCUT2D eigenvalue weighted by molar-refractivity contribution is 7.07. The van der Waals surface area contributed by atoms with Gasteiger partial charge in [0.1, 0.15) is 6.10 Å². The molecule has 126 valence electrons. The minimum atomic E-state index is -0.957. The number of carboxylic acid groups (broad SMARTS) is 1. The summed E-state index contributed by atoms with van der Waals surface area (Å²) in [6.45, 7) is 1.66. The van der Waals surface area contributed by atoms with E-state index in [9.17, 15) is 14.7 Å². The molecule has 6 heteroatoms. The lowest BCUT2D eigenvalue weighted by Gasteiger charge is -2.33. The highest BCUT2D eigenvalue weighted by Gasteiger charge is 2.25. The highest BCUT2D eigenvalue weighted by atomic mass is 32.1. The summed E-state index contributed by atoms with van der Waals surface area (Å²) in [6, 6.07) is 8.86. The monoisotopic (exact) mass is 345 g/mol. The van der Waals surface area contributed by atoms with Crippen molar-refractivity contribution in [2.24, 2.45) is 0 Å². The molecule has 1 atom stereocenters. The van der Waals surface area contributed by atoms with Crippen LogP contribution in [0.15, 0.2) is 41.1 Å². The molecular formula is C18H19NO4S. The van der Waals surface area contributed by atoms with Crippen molar-refractivity contribution >= 4 is 23.2 Å². The van der Waals surface area contributed by atoms with Crippen molar-refractivity contribution in [3.63, 3.8) is 0 Å². The number of carbonyl (C=O) groups is 2. The Morgan fingerprint density at radius 1 is 1.29 bits per heavy atom. The molecule has 1 aromatic heterocycles. The molecule has 2 aromatic rings. The van der Waals surface area contributed by atoms with Crippen LogP contribution in [0.4, 0.5) is 0 Å². The maximum absolute atomic E-state index is 12.5. The van der Waals surface area contributed by atoms with E-state index in [0.29, 0.717) is 38.1 Å². The van der Waals surface area contributed by atoms with E-state index in [1.54, 1.807) is 35.6 Å². The van der Waals surface area contributed by atoms with Crippen LogP contribution in [-0.4, -0.2) is 41.6 Å². The van der Waals surface area contributed by atoms with Gasteiger partial charge in [0.15, 0.2) is 0 Å². The second-order valence-electron chi connectivity index (χ2n) is 5.72. The van der Waals surface area contributed by atoms with Gasteiger partial charge in [0, 0.05) is 13.0 Å². The van der Waals surface area contributed by atoms with E-state index in [1.165, 1.54) is 0 Å². The van der Waals surface area contributed by atoms with Crippen LogP contribution >= 0.6 is 11.3 Å². The molecule has 1 amide bonds. The van der Waals surface area contributed by atoms with E-state index >= 15 is 0 Å². The summed E-state index contributed by atoms with van der Waals surface area (Å²) in [5, 5.41) is 13.3. The number of carboxylic acids is 1. The fourth-order valence-electron chi connectivity index (χ4n) is 2.88. The number of hydrogen-bond acceptors (Lipinski definition) is 4. The standard InChI is InChI=1S/C18H19NO4S/c20-17(6-5-13-3-1-2-4-15(13)18(21)22)19-8-9-23-16(11-19)14-7-10-24-12-14/h1-4,7,10,12,16H,5-6,8-9,11H2,(H,21,22)/t16-/m1/s1. The van der Waals surface area contributed by atoms with Gasteiger partial charge in [-0.1, -0.05) is 18.2 Å². The van der Waals surface area contributed by atoms with Crippen LogP contribution in [0.2, 0.25) is 0 Å². The fourth-order valence-corrected chi connectivity index (χ4v) is 3.58. The first-order valence-electron chi connectivity index (χ1n) is 7.88. The van der Waals surface area contributed by atoms with Gasteiger partial charge in [-0.05, 0) is 40.4 Å². The smallest absolute Gasteiger partial charge is 0.335 e. The summed E-state index contributed by atoms with van der Waals surface area (Å²) in [5.41, 5.74) is 2.07. The summed E-state index contributed by atoms with van der Waals surface area (Å²) in [7, 11) is 0. The van der Waals surface area contributed by atoms with Crippen molar-refractivity contribution in [2.45, 2.75) is 18.9 Å². The topological polar surface area (TPSA) is 66.8 Å². The number of thiophene rings is 1. The summed E-state index contributed by atoms with van der Waals surface area (Å²) >= 11 is 1.62. The molecule has 3 rings (SSSR count). The van der Waals surface area contributed by atoms with Gasteiger partial charge in [0.05, 0.1) is 18.7 Å². The van der Waals surface area contributed by atoms with Crippen molar-refractivity contribution in [3.05, 3.63) is 57.8 Å². The third-order valence-electron chi connectivity index (χ3n) is 4.19. The first kappa shape index (κ1) is 16.7. The number of aryl methyl sites for hydroxylation is 1. The lowest BCUT2D eigenvalue weighted by atomic mass is 10.0. The second kappa shape index (κ2) is 7.59. The molecule has 2 heterocycles. The van der Waals surface area contributed by atoms with Crippen LogP contribution in [0.25, 0.3) is 0 Å². The molecule has 1 aliphatic rings. The largest absolute Gasteiger partial charge is 0.478 e. The maximum Gasteiger partial charge on any atom is 0.335 e. The van der Waals surface area contributed by atoms with E-state index in [0.717, 1.165) is 5.56 Å². The van der Waals surface area contributed by atoms with Crippen LogP contribution in [0.1, 0.15) is 34.0 Å². The molecular weight excluding hydrogens is 326 g/mol. The van der Waals surface area contributed by atoms with E-state index < -0.39 is 5.97 Å². The first-order chi connectivity index (χ1) is 11.6.